The van der Waals surface area contributed by atoms with E-state index in [2.05, 4.69) is 4.99 Å². The predicted octanol–water partition coefficient (Wildman–Crippen LogP) is 2.97. The normalized spacial score (nSPS) is 15.8. The molecule has 0 spiro atoms. The van der Waals surface area contributed by atoms with E-state index in [1.165, 1.54) is 47.3 Å². The van der Waals surface area contributed by atoms with Gasteiger partial charge in [-0.25, -0.2) is 9.79 Å². The molecule has 4 rings (SSSR count). The number of methoxy groups -OCH3 is 1. The average molecular weight is 470 g/mol. The fourth-order valence-corrected chi connectivity index (χ4v) is 4.75. The molecule has 1 aliphatic rings. The molecule has 0 aliphatic carbocycles. The smallest absolute Gasteiger partial charge is 0.338 e. The molecule has 0 N–H and O–H groups in total. The van der Waals surface area contributed by atoms with Crippen LogP contribution < -0.4 is 14.9 Å². The number of hydrogen-bond acceptors (Lipinski definition) is 7. The Morgan fingerprint density at radius 3 is 2.56 bits per heavy atom. The van der Waals surface area contributed by atoms with Crippen molar-refractivity contribution in [2.24, 2.45) is 4.99 Å². The number of thiazole rings is 1. The van der Waals surface area contributed by atoms with E-state index >= 15 is 0 Å². The summed E-state index contributed by atoms with van der Waals surface area (Å²) in [6.45, 7) is 1.66. The fourth-order valence-electron chi connectivity index (χ4n) is 3.52. The first kappa shape index (κ1) is 21.7. The molecule has 0 amide bonds. The standard InChI is InChI=1S/C22H16ClN3O5S/c1-12-18(21(28)31-2)19(13-7-9-15(10-8-13)26(29)30)25-20(27)17(32-22(25)24-12)11-14-5-3-4-6-16(14)23/h3-11,19H,1-2H3. The van der Waals surface area contributed by atoms with Crippen molar-refractivity contribution in [3.05, 3.63) is 106 Å². The first-order valence-electron chi connectivity index (χ1n) is 9.41. The zero-order chi connectivity index (χ0) is 23.0. The molecule has 0 fully saturated rings. The molecule has 1 atom stereocenters. The number of non-ortho nitro benzene ring substituents is 1. The van der Waals surface area contributed by atoms with Gasteiger partial charge in [-0.2, -0.15) is 0 Å². The van der Waals surface area contributed by atoms with E-state index in [-0.39, 0.29) is 16.8 Å². The molecular formula is C22H16ClN3O5S. The van der Waals surface area contributed by atoms with E-state index < -0.39 is 16.9 Å². The number of carbonyl (C=O) groups excluding carboxylic acids is 1. The van der Waals surface area contributed by atoms with Crippen LogP contribution in [0.4, 0.5) is 5.69 Å². The SMILES string of the molecule is COC(=O)C1=C(C)N=c2sc(=Cc3ccccc3Cl)c(=O)n2C1c1ccc([N+](=O)[O-])cc1. The number of rotatable bonds is 4. The number of aromatic nitrogens is 1. The molecule has 0 bridgehead atoms. The van der Waals surface area contributed by atoms with Gasteiger partial charge < -0.3 is 4.74 Å². The van der Waals surface area contributed by atoms with E-state index in [4.69, 9.17) is 16.3 Å². The minimum absolute atomic E-state index is 0.0970. The highest BCUT2D eigenvalue weighted by Gasteiger charge is 2.33. The maximum atomic E-state index is 13.4. The van der Waals surface area contributed by atoms with Crippen LogP contribution in [0.1, 0.15) is 24.1 Å². The second kappa shape index (κ2) is 8.52. The van der Waals surface area contributed by atoms with E-state index in [1.54, 1.807) is 31.2 Å². The molecule has 0 radical (unpaired) electrons. The minimum Gasteiger partial charge on any atom is -0.466 e. The Labute approximate surface area is 190 Å². The summed E-state index contributed by atoms with van der Waals surface area (Å²) in [5.41, 5.74) is 1.35. The molecule has 1 unspecified atom stereocenters. The first-order chi connectivity index (χ1) is 15.3. The Morgan fingerprint density at radius 2 is 1.94 bits per heavy atom. The monoisotopic (exact) mass is 469 g/mol. The highest BCUT2D eigenvalue weighted by molar-refractivity contribution is 7.07. The molecule has 0 saturated heterocycles. The number of fused-ring (bicyclic) bond motifs is 1. The third-order valence-electron chi connectivity index (χ3n) is 5.04. The van der Waals surface area contributed by atoms with Crippen molar-refractivity contribution in [3.8, 4) is 0 Å². The quantitative estimate of drug-likeness (QED) is 0.332. The zero-order valence-corrected chi connectivity index (χ0v) is 18.5. The second-order valence-electron chi connectivity index (χ2n) is 6.94. The number of nitro groups is 1. The molecule has 0 saturated carbocycles. The van der Waals surface area contributed by atoms with Crippen LogP contribution in [0.15, 0.2) is 69.6 Å². The van der Waals surface area contributed by atoms with Crippen molar-refractivity contribution in [3.63, 3.8) is 0 Å². The van der Waals surface area contributed by atoms with Gasteiger partial charge >= 0.3 is 5.97 Å². The number of benzene rings is 2. The van der Waals surface area contributed by atoms with Crippen LogP contribution in [0.5, 0.6) is 0 Å². The molecule has 32 heavy (non-hydrogen) atoms. The topological polar surface area (TPSA) is 104 Å². The molecular weight excluding hydrogens is 454 g/mol. The highest BCUT2D eigenvalue weighted by Crippen LogP contribution is 2.31. The van der Waals surface area contributed by atoms with Crippen LogP contribution >= 0.6 is 22.9 Å². The molecule has 1 aromatic heterocycles. The summed E-state index contributed by atoms with van der Waals surface area (Å²) in [5.74, 6) is -0.630. The highest BCUT2D eigenvalue weighted by atomic mass is 35.5. The van der Waals surface area contributed by atoms with E-state index in [0.717, 1.165) is 0 Å². The van der Waals surface area contributed by atoms with Gasteiger partial charge in [0.15, 0.2) is 4.80 Å². The number of nitro benzene ring substituents is 1. The lowest BCUT2D eigenvalue weighted by Crippen LogP contribution is -2.39. The lowest BCUT2D eigenvalue weighted by atomic mass is 9.96. The van der Waals surface area contributed by atoms with Crippen molar-refractivity contribution in [1.29, 1.82) is 0 Å². The number of halogens is 1. The van der Waals surface area contributed by atoms with Crippen LogP contribution in [-0.2, 0) is 9.53 Å². The number of esters is 1. The van der Waals surface area contributed by atoms with Gasteiger partial charge in [0.25, 0.3) is 11.2 Å². The van der Waals surface area contributed by atoms with Crippen molar-refractivity contribution < 1.29 is 14.5 Å². The molecule has 2 heterocycles. The maximum Gasteiger partial charge on any atom is 0.338 e. The lowest BCUT2D eigenvalue weighted by Gasteiger charge is -2.24. The van der Waals surface area contributed by atoms with Crippen molar-refractivity contribution in [2.75, 3.05) is 7.11 Å². The van der Waals surface area contributed by atoms with Gasteiger partial charge in [0, 0.05) is 17.2 Å². The summed E-state index contributed by atoms with van der Waals surface area (Å²) in [6, 6.07) is 12.0. The zero-order valence-electron chi connectivity index (χ0n) is 16.9. The lowest BCUT2D eigenvalue weighted by molar-refractivity contribution is -0.384. The van der Waals surface area contributed by atoms with E-state index in [1.807, 2.05) is 6.07 Å². The Kier molecular flexibility index (Phi) is 5.77. The fraction of sp³-hybridized carbons (Fsp3) is 0.136. The van der Waals surface area contributed by atoms with Crippen molar-refractivity contribution in [2.45, 2.75) is 13.0 Å². The Hall–Kier alpha value is -3.56. The summed E-state index contributed by atoms with van der Waals surface area (Å²) < 4.78 is 6.75. The minimum atomic E-state index is -0.840. The summed E-state index contributed by atoms with van der Waals surface area (Å²) >= 11 is 7.41. The van der Waals surface area contributed by atoms with Crippen molar-refractivity contribution in [1.82, 2.24) is 4.57 Å². The third kappa shape index (κ3) is 3.76. The van der Waals surface area contributed by atoms with Gasteiger partial charge in [0.05, 0.1) is 33.9 Å². The van der Waals surface area contributed by atoms with Crippen LogP contribution in [0.3, 0.4) is 0 Å². The molecule has 8 nitrogen and oxygen atoms in total. The number of nitrogens with zero attached hydrogens (tertiary/aromatic N) is 3. The maximum absolute atomic E-state index is 13.4. The van der Waals surface area contributed by atoms with E-state index in [0.29, 0.717) is 31.2 Å². The molecule has 10 heteroatoms. The summed E-state index contributed by atoms with van der Waals surface area (Å²) in [4.78, 5) is 41.4. The first-order valence-corrected chi connectivity index (χ1v) is 10.6. The Bertz CT molecular complexity index is 1450. The van der Waals surface area contributed by atoms with Gasteiger partial charge in [-0.05, 0) is 42.3 Å². The van der Waals surface area contributed by atoms with Gasteiger partial charge in [-0.1, -0.05) is 41.1 Å². The van der Waals surface area contributed by atoms with Gasteiger partial charge in [-0.15, -0.1) is 0 Å². The summed E-state index contributed by atoms with van der Waals surface area (Å²) in [7, 11) is 1.25. The number of allylic oxidation sites excluding steroid dienone is 1. The average Bonchev–Trinajstić information content (AvgIpc) is 3.08. The number of carbonyl (C=O) groups is 1. The summed E-state index contributed by atoms with van der Waals surface area (Å²) in [5, 5.41) is 11.6. The molecule has 2 aromatic carbocycles. The number of ether oxygens (including phenoxy) is 1. The predicted molar refractivity (Wildman–Crippen MR) is 120 cm³/mol. The van der Waals surface area contributed by atoms with Gasteiger partial charge in [0.1, 0.15) is 0 Å². The molecule has 1 aliphatic heterocycles. The Morgan fingerprint density at radius 1 is 1.25 bits per heavy atom. The van der Waals surface area contributed by atoms with Crippen molar-refractivity contribution >= 4 is 40.7 Å². The Balaban J connectivity index is 1.97. The van der Waals surface area contributed by atoms with Crippen LogP contribution in [-0.4, -0.2) is 22.6 Å². The number of hydrogen-bond donors (Lipinski definition) is 0. The summed E-state index contributed by atoms with van der Waals surface area (Å²) in [6.07, 6.45) is 1.68. The molecule has 162 valence electrons. The van der Waals surface area contributed by atoms with E-state index in [9.17, 15) is 19.7 Å². The third-order valence-corrected chi connectivity index (χ3v) is 6.37. The van der Waals surface area contributed by atoms with Crippen LogP contribution in [0.25, 0.3) is 6.08 Å². The van der Waals surface area contributed by atoms with Crippen LogP contribution in [0.2, 0.25) is 5.02 Å². The largest absolute Gasteiger partial charge is 0.466 e. The van der Waals surface area contributed by atoms with Gasteiger partial charge in [0.2, 0.25) is 0 Å². The van der Waals surface area contributed by atoms with Gasteiger partial charge in [-0.3, -0.25) is 19.5 Å². The second-order valence-corrected chi connectivity index (χ2v) is 8.36. The molecule has 3 aromatic rings. The van der Waals surface area contributed by atoms with Crippen LogP contribution in [0, 0.1) is 10.1 Å².